The molecule has 0 atom stereocenters. The van der Waals surface area contributed by atoms with Crippen LogP contribution in [0.2, 0.25) is 0 Å². The van der Waals surface area contributed by atoms with Crippen LogP contribution in [0.1, 0.15) is 12.1 Å². The molecule has 2 N–H and O–H groups in total. The maximum atomic E-state index is 5.89. The van der Waals surface area contributed by atoms with Crippen molar-refractivity contribution in [2.24, 2.45) is 7.05 Å². The molecule has 1 aromatic heterocycles. The minimum Gasteiger partial charge on any atom is -0.394 e. The quantitative estimate of drug-likeness (QED) is 0.661. The van der Waals surface area contributed by atoms with Gasteiger partial charge in [0.15, 0.2) is 0 Å². The van der Waals surface area contributed by atoms with Crippen molar-refractivity contribution in [2.45, 2.75) is 13.3 Å². The van der Waals surface area contributed by atoms with Crippen LogP contribution in [-0.2, 0) is 7.05 Å². The molecule has 0 bridgehead atoms. The highest BCUT2D eigenvalue weighted by Gasteiger charge is 2.21. The van der Waals surface area contributed by atoms with Crippen molar-refractivity contribution >= 4 is 11.5 Å². The summed E-state index contributed by atoms with van der Waals surface area (Å²) in [7, 11) is 1.94. The van der Waals surface area contributed by atoms with Crippen LogP contribution < -0.4 is 10.6 Å². The summed E-state index contributed by atoms with van der Waals surface area (Å²) in [6, 6.07) is 0. The monoisotopic (exact) mass is 166 g/mol. The Morgan fingerprint density at radius 1 is 1.42 bits per heavy atom. The smallest absolute Gasteiger partial charge is 0.150 e. The summed E-state index contributed by atoms with van der Waals surface area (Å²) in [5.41, 5.74) is 7.65. The van der Waals surface area contributed by atoms with Crippen LogP contribution in [-0.4, -0.2) is 22.9 Å². The van der Waals surface area contributed by atoms with Gasteiger partial charge in [-0.1, -0.05) is 0 Å². The second-order valence-corrected chi connectivity index (χ2v) is 3.29. The molecule has 1 aliphatic rings. The molecule has 0 radical (unpaired) electrons. The lowest BCUT2D eigenvalue weighted by atomic mass is 10.2. The van der Waals surface area contributed by atoms with E-state index in [1.165, 1.54) is 6.42 Å². The Balaban J connectivity index is 2.40. The third-order valence-electron chi connectivity index (χ3n) is 2.39. The molecule has 4 heteroatoms. The van der Waals surface area contributed by atoms with Crippen LogP contribution in [0.4, 0.5) is 11.5 Å². The summed E-state index contributed by atoms with van der Waals surface area (Å²) in [5, 5.41) is 4.26. The average Bonchev–Trinajstić information content (AvgIpc) is 2.13. The van der Waals surface area contributed by atoms with E-state index in [9.17, 15) is 0 Å². The van der Waals surface area contributed by atoms with Gasteiger partial charge in [-0.2, -0.15) is 5.10 Å². The number of nitrogen functional groups attached to an aromatic ring is 1. The van der Waals surface area contributed by atoms with Gasteiger partial charge in [0.2, 0.25) is 0 Å². The molecule has 1 saturated heterocycles. The Morgan fingerprint density at radius 2 is 2.08 bits per heavy atom. The van der Waals surface area contributed by atoms with Gasteiger partial charge >= 0.3 is 0 Å². The molecular formula is C8H14N4. The zero-order valence-corrected chi connectivity index (χ0v) is 7.54. The molecule has 1 fully saturated rings. The minimum atomic E-state index is 0.831. The molecule has 0 spiro atoms. The molecule has 66 valence electrons. The van der Waals surface area contributed by atoms with Crippen LogP contribution in [0, 0.1) is 6.92 Å². The number of nitrogens with two attached hydrogens (primary N) is 1. The second-order valence-electron chi connectivity index (χ2n) is 3.29. The van der Waals surface area contributed by atoms with Crippen molar-refractivity contribution in [1.82, 2.24) is 9.78 Å². The van der Waals surface area contributed by atoms with E-state index in [0.717, 1.165) is 30.3 Å². The van der Waals surface area contributed by atoms with E-state index in [1.807, 2.05) is 18.7 Å². The largest absolute Gasteiger partial charge is 0.394 e. The Hall–Kier alpha value is -1.19. The maximum Gasteiger partial charge on any atom is 0.150 e. The fourth-order valence-corrected chi connectivity index (χ4v) is 1.57. The van der Waals surface area contributed by atoms with E-state index in [1.54, 1.807) is 0 Å². The predicted molar refractivity (Wildman–Crippen MR) is 49.2 cm³/mol. The summed E-state index contributed by atoms with van der Waals surface area (Å²) in [4.78, 5) is 2.26. The van der Waals surface area contributed by atoms with Gasteiger partial charge in [-0.3, -0.25) is 4.68 Å². The van der Waals surface area contributed by atoms with E-state index in [-0.39, 0.29) is 0 Å². The molecule has 0 amide bonds. The molecule has 2 heterocycles. The van der Waals surface area contributed by atoms with E-state index < -0.39 is 0 Å². The lowest BCUT2D eigenvalue weighted by Crippen LogP contribution is -2.38. The number of aromatic nitrogens is 2. The van der Waals surface area contributed by atoms with Crippen molar-refractivity contribution in [2.75, 3.05) is 23.7 Å². The molecular weight excluding hydrogens is 152 g/mol. The molecule has 1 aliphatic heterocycles. The first-order chi connectivity index (χ1) is 5.70. The highest BCUT2D eigenvalue weighted by molar-refractivity contribution is 5.66. The van der Waals surface area contributed by atoms with Crippen LogP contribution in [0.3, 0.4) is 0 Å². The minimum absolute atomic E-state index is 0.831. The third kappa shape index (κ3) is 0.873. The van der Waals surface area contributed by atoms with Crippen LogP contribution in [0.15, 0.2) is 0 Å². The summed E-state index contributed by atoms with van der Waals surface area (Å²) in [6.07, 6.45) is 1.27. The van der Waals surface area contributed by atoms with Gasteiger partial charge in [-0.25, -0.2) is 0 Å². The van der Waals surface area contributed by atoms with Gasteiger partial charge < -0.3 is 10.6 Å². The average molecular weight is 166 g/mol. The van der Waals surface area contributed by atoms with Crippen molar-refractivity contribution in [3.63, 3.8) is 0 Å². The number of aryl methyl sites for hydroxylation is 2. The summed E-state index contributed by atoms with van der Waals surface area (Å²) >= 11 is 0. The number of rotatable bonds is 1. The first-order valence-electron chi connectivity index (χ1n) is 4.24. The van der Waals surface area contributed by atoms with E-state index >= 15 is 0 Å². The third-order valence-corrected chi connectivity index (χ3v) is 2.39. The van der Waals surface area contributed by atoms with Crippen LogP contribution in [0.5, 0.6) is 0 Å². The zero-order valence-electron chi connectivity index (χ0n) is 7.54. The summed E-state index contributed by atoms with van der Waals surface area (Å²) in [6.45, 7) is 4.17. The molecule has 12 heavy (non-hydrogen) atoms. The fourth-order valence-electron chi connectivity index (χ4n) is 1.57. The lowest BCUT2D eigenvalue weighted by Gasteiger charge is -2.33. The molecule has 0 unspecified atom stereocenters. The van der Waals surface area contributed by atoms with E-state index in [2.05, 4.69) is 10.00 Å². The topological polar surface area (TPSA) is 47.1 Å². The summed E-state index contributed by atoms with van der Waals surface area (Å²) in [5.74, 6) is 1.08. The highest BCUT2D eigenvalue weighted by Crippen LogP contribution is 2.28. The summed E-state index contributed by atoms with van der Waals surface area (Å²) < 4.78 is 1.86. The normalized spacial score (nSPS) is 16.3. The predicted octanol–water partition coefficient (Wildman–Crippen LogP) is 0.521. The molecule has 0 aliphatic carbocycles. The Bertz CT molecular complexity index is 298. The molecule has 1 aromatic rings. The number of anilines is 2. The Kier molecular flexibility index (Phi) is 1.49. The first kappa shape index (κ1) is 7.46. The van der Waals surface area contributed by atoms with Crippen molar-refractivity contribution in [1.29, 1.82) is 0 Å². The highest BCUT2D eigenvalue weighted by atomic mass is 15.4. The Labute approximate surface area is 72.0 Å². The van der Waals surface area contributed by atoms with Gasteiger partial charge in [0.1, 0.15) is 5.82 Å². The fraction of sp³-hybridized carbons (Fsp3) is 0.625. The zero-order chi connectivity index (χ0) is 8.72. The van der Waals surface area contributed by atoms with Crippen molar-refractivity contribution < 1.29 is 0 Å². The molecule has 0 aromatic carbocycles. The van der Waals surface area contributed by atoms with Gasteiger partial charge in [0.05, 0.1) is 11.4 Å². The SMILES string of the molecule is Cc1nn(C)c(N2CCC2)c1N. The van der Waals surface area contributed by atoms with Crippen LogP contribution in [0.25, 0.3) is 0 Å². The van der Waals surface area contributed by atoms with Crippen LogP contribution >= 0.6 is 0 Å². The van der Waals surface area contributed by atoms with Gasteiger partial charge in [0, 0.05) is 20.1 Å². The van der Waals surface area contributed by atoms with Gasteiger partial charge in [-0.15, -0.1) is 0 Å². The molecule has 2 rings (SSSR count). The second kappa shape index (κ2) is 2.40. The van der Waals surface area contributed by atoms with E-state index in [0.29, 0.717) is 0 Å². The van der Waals surface area contributed by atoms with Crippen molar-refractivity contribution in [3.05, 3.63) is 5.69 Å². The Morgan fingerprint density at radius 3 is 2.42 bits per heavy atom. The standard InChI is InChI=1S/C8H14N4/c1-6-7(9)8(11(2)10-6)12-4-3-5-12/h3-5,9H2,1-2H3. The van der Waals surface area contributed by atoms with Gasteiger partial charge in [0.25, 0.3) is 0 Å². The van der Waals surface area contributed by atoms with Gasteiger partial charge in [-0.05, 0) is 13.3 Å². The first-order valence-corrected chi connectivity index (χ1v) is 4.24. The number of hydrogen-bond donors (Lipinski definition) is 1. The number of nitrogens with zero attached hydrogens (tertiary/aromatic N) is 3. The molecule has 4 nitrogen and oxygen atoms in total. The molecule has 0 saturated carbocycles. The number of hydrogen-bond acceptors (Lipinski definition) is 3. The van der Waals surface area contributed by atoms with E-state index in [4.69, 9.17) is 5.73 Å². The lowest BCUT2D eigenvalue weighted by molar-refractivity contribution is 0.586. The van der Waals surface area contributed by atoms with Crippen molar-refractivity contribution in [3.8, 4) is 0 Å². The maximum absolute atomic E-state index is 5.89.